The molecule has 0 atom stereocenters. The van der Waals surface area contributed by atoms with Crippen LogP contribution in [0.5, 0.6) is 0 Å². The third-order valence-electron chi connectivity index (χ3n) is 3.44. The quantitative estimate of drug-likeness (QED) is 0.792. The molecule has 3 rings (SSSR count). The zero-order chi connectivity index (χ0) is 14.8. The van der Waals surface area contributed by atoms with Crippen molar-refractivity contribution < 1.29 is 4.39 Å². The standard InChI is InChI=1S/C17H18FN3/c1-12(2)19-10-13-7-8-16(14(18)9-13)21-11-20-15-5-3-4-6-17(15)21/h3-9,11-12,19H,10H2,1-2H3. The highest BCUT2D eigenvalue weighted by atomic mass is 19.1. The number of nitrogens with zero attached hydrogens (tertiary/aromatic N) is 2. The molecule has 0 aliphatic carbocycles. The Morgan fingerprint density at radius 1 is 1.19 bits per heavy atom. The minimum Gasteiger partial charge on any atom is -0.310 e. The van der Waals surface area contributed by atoms with Crippen molar-refractivity contribution in [2.75, 3.05) is 0 Å². The lowest BCUT2D eigenvalue weighted by Gasteiger charge is -2.10. The molecule has 0 aliphatic heterocycles. The van der Waals surface area contributed by atoms with Gasteiger partial charge in [0, 0.05) is 12.6 Å². The Morgan fingerprint density at radius 2 is 2.00 bits per heavy atom. The van der Waals surface area contributed by atoms with E-state index in [0.717, 1.165) is 16.6 Å². The maximum Gasteiger partial charge on any atom is 0.147 e. The molecular formula is C17H18FN3. The van der Waals surface area contributed by atoms with Crippen LogP contribution in [-0.2, 0) is 6.54 Å². The molecule has 0 aliphatic rings. The fraction of sp³-hybridized carbons (Fsp3) is 0.235. The summed E-state index contributed by atoms with van der Waals surface area (Å²) in [6.07, 6.45) is 1.66. The average Bonchev–Trinajstić information content (AvgIpc) is 2.89. The zero-order valence-electron chi connectivity index (χ0n) is 12.2. The van der Waals surface area contributed by atoms with Gasteiger partial charge in [-0.15, -0.1) is 0 Å². The fourth-order valence-corrected chi connectivity index (χ4v) is 2.33. The summed E-state index contributed by atoms with van der Waals surface area (Å²) in [7, 11) is 0. The molecule has 0 spiro atoms. The summed E-state index contributed by atoms with van der Waals surface area (Å²) in [6, 6.07) is 13.4. The number of halogens is 1. The summed E-state index contributed by atoms with van der Waals surface area (Å²) in [4.78, 5) is 4.30. The van der Waals surface area contributed by atoms with E-state index in [-0.39, 0.29) is 5.82 Å². The Labute approximate surface area is 123 Å². The van der Waals surface area contributed by atoms with Gasteiger partial charge < -0.3 is 5.32 Å². The predicted molar refractivity (Wildman–Crippen MR) is 83.0 cm³/mol. The molecule has 0 saturated carbocycles. The van der Waals surface area contributed by atoms with E-state index in [9.17, 15) is 4.39 Å². The average molecular weight is 283 g/mol. The van der Waals surface area contributed by atoms with Crippen molar-refractivity contribution in [2.45, 2.75) is 26.4 Å². The van der Waals surface area contributed by atoms with Gasteiger partial charge in [-0.3, -0.25) is 4.57 Å². The summed E-state index contributed by atoms with van der Waals surface area (Å²) in [5.41, 5.74) is 3.23. The first-order valence-electron chi connectivity index (χ1n) is 7.09. The molecule has 0 bridgehead atoms. The summed E-state index contributed by atoms with van der Waals surface area (Å²) >= 11 is 0. The van der Waals surface area contributed by atoms with Gasteiger partial charge in [-0.05, 0) is 29.8 Å². The largest absolute Gasteiger partial charge is 0.310 e. The molecule has 3 aromatic rings. The minimum atomic E-state index is -0.235. The number of hydrogen-bond donors (Lipinski definition) is 1. The van der Waals surface area contributed by atoms with Crippen LogP contribution < -0.4 is 5.32 Å². The van der Waals surface area contributed by atoms with Gasteiger partial charge in [0.05, 0.1) is 16.7 Å². The van der Waals surface area contributed by atoms with Crippen LogP contribution in [0.1, 0.15) is 19.4 Å². The van der Waals surface area contributed by atoms with E-state index in [2.05, 4.69) is 24.1 Å². The van der Waals surface area contributed by atoms with Gasteiger partial charge in [0.2, 0.25) is 0 Å². The summed E-state index contributed by atoms with van der Waals surface area (Å²) in [5.74, 6) is -0.235. The second-order valence-corrected chi connectivity index (χ2v) is 5.42. The third kappa shape index (κ3) is 2.81. The highest BCUT2D eigenvalue weighted by molar-refractivity contribution is 5.77. The maximum atomic E-state index is 14.4. The highest BCUT2D eigenvalue weighted by Gasteiger charge is 2.09. The molecule has 0 unspecified atom stereocenters. The Bertz CT molecular complexity index is 762. The lowest BCUT2D eigenvalue weighted by atomic mass is 10.2. The number of para-hydroxylation sites is 2. The van der Waals surface area contributed by atoms with Gasteiger partial charge in [-0.25, -0.2) is 9.37 Å². The van der Waals surface area contributed by atoms with Crippen molar-refractivity contribution in [2.24, 2.45) is 0 Å². The van der Waals surface area contributed by atoms with Crippen LogP contribution in [0.3, 0.4) is 0 Å². The second kappa shape index (κ2) is 5.66. The van der Waals surface area contributed by atoms with E-state index < -0.39 is 0 Å². The molecule has 4 heteroatoms. The van der Waals surface area contributed by atoms with Crippen molar-refractivity contribution >= 4 is 11.0 Å². The summed E-state index contributed by atoms with van der Waals surface area (Å²) < 4.78 is 16.2. The molecule has 0 amide bonds. The molecule has 2 aromatic carbocycles. The highest BCUT2D eigenvalue weighted by Crippen LogP contribution is 2.21. The Kier molecular flexibility index (Phi) is 3.71. The van der Waals surface area contributed by atoms with Crippen LogP contribution in [0.2, 0.25) is 0 Å². The van der Waals surface area contributed by atoms with E-state index >= 15 is 0 Å². The predicted octanol–water partition coefficient (Wildman–Crippen LogP) is 3.66. The van der Waals surface area contributed by atoms with Crippen molar-refractivity contribution in [3.8, 4) is 5.69 Å². The van der Waals surface area contributed by atoms with Crippen LogP contribution >= 0.6 is 0 Å². The van der Waals surface area contributed by atoms with Crippen molar-refractivity contribution in [1.82, 2.24) is 14.9 Å². The van der Waals surface area contributed by atoms with Gasteiger partial charge in [0.15, 0.2) is 0 Å². The van der Waals surface area contributed by atoms with Crippen LogP contribution in [0.4, 0.5) is 4.39 Å². The molecule has 1 heterocycles. The van der Waals surface area contributed by atoms with E-state index in [4.69, 9.17) is 0 Å². The SMILES string of the molecule is CC(C)NCc1ccc(-n2cnc3ccccc32)c(F)c1. The first kappa shape index (κ1) is 13.8. The van der Waals surface area contributed by atoms with Gasteiger partial charge >= 0.3 is 0 Å². The molecule has 1 aromatic heterocycles. The van der Waals surface area contributed by atoms with E-state index in [1.165, 1.54) is 0 Å². The summed E-state index contributed by atoms with van der Waals surface area (Å²) in [6.45, 7) is 4.81. The minimum absolute atomic E-state index is 0.235. The smallest absolute Gasteiger partial charge is 0.147 e. The molecule has 3 nitrogen and oxygen atoms in total. The number of fused-ring (bicyclic) bond motifs is 1. The van der Waals surface area contributed by atoms with Crippen molar-refractivity contribution in [3.63, 3.8) is 0 Å². The topological polar surface area (TPSA) is 29.9 Å². The number of aromatic nitrogens is 2. The molecule has 21 heavy (non-hydrogen) atoms. The van der Waals surface area contributed by atoms with E-state index in [0.29, 0.717) is 18.3 Å². The third-order valence-corrected chi connectivity index (χ3v) is 3.44. The normalized spacial score (nSPS) is 11.4. The summed E-state index contributed by atoms with van der Waals surface area (Å²) in [5, 5.41) is 3.29. The number of rotatable bonds is 4. The van der Waals surface area contributed by atoms with E-state index in [1.54, 1.807) is 23.0 Å². The van der Waals surface area contributed by atoms with Crippen LogP contribution in [0, 0.1) is 5.82 Å². The Morgan fingerprint density at radius 3 is 2.76 bits per heavy atom. The monoisotopic (exact) mass is 283 g/mol. The van der Waals surface area contributed by atoms with Crippen LogP contribution in [0.15, 0.2) is 48.8 Å². The molecule has 0 radical (unpaired) electrons. The molecule has 108 valence electrons. The number of hydrogen-bond acceptors (Lipinski definition) is 2. The number of benzene rings is 2. The lowest BCUT2D eigenvalue weighted by molar-refractivity contribution is 0.580. The van der Waals surface area contributed by atoms with Gasteiger partial charge in [0.25, 0.3) is 0 Å². The Hall–Kier alpha value is -2.20. The maximum absolute atomic E-state index is 14.4. The molecule has 0 fully saturated rings. The zero-order valence-corrected chi connectivity index (χ0v) is 12.2. The van der Waals surface area contributed by atoms with E-state index in [1.807, 2.05) is 30.3 Å². The van der Waals surface area contributed by atoms with Gasteiger partial charge in [-0.2, -0.15) is 0 Å². The number of nitrogens with one attached hydrogen (secondary N) is 1. The van der Waals surface area contributed by atoms with Crippen LogP contribution in [-0.4, -0.2) is 15.6 Å². The van der Waals surface area contributed by atoms with Gasteiger partial charge in [0.1, 0.15) is 12.1 Å². The molecule has 1 N–H and O–H groups in total. The second-order valence-electron chi connectivity index (χ2n) is 5.42. The van der Waals surface area contributed by atoms with Crippen molar-refractivity contribution in [1.29, 1.82) is 0 Å². The Balaban J connectivity index is 1.96. The molecular weight excluding hydrogens is 265 g/mol. The number of imidazole rings is 1. The van der Waals surface area contributed by atoms with Gasteiger partial charge in [-0.1, -0.05) is 32.0 Å². The lowest BCUT2D eigenvalue weighted by Crippen LogP contribution is -2.21. The molecule has 0 saturated heterocycles. The fourth-order valence-electron chi connectivity index (χ4n) is 2.33. The first-order chi connectivity index (χ1) is 10.1. The first-order valence-corrected chi connectivity index (χ1v) is 7.09. The van der Waals surface area contributed by atoms with Crippen LogP contribution in [0.25, 0.3) is 16.7 Å². The van der Waals surface area contributed by atoms with Crippen molar-refractivity contribution in [3.05, 3.63) is 60.2 Å².